The Labute approximate surface area is 229 Å². The van der Waals surface area contributed by atoms with Gasteiger partial charge in [-0.2, -0.15) is 0 Å². The third-order valence-electron chi connectivity index (χ3n) is 8.16. The van der Waals surface area contributed by atoms with Gasteiger partial charge in [0.2, 0.25) is 0 Å². The molecule has 2 aliphatic rings. The Morgan fingerprint density at radius 2 is 1.74 bits per heavy atom. The molecule has 0 aliphatic heterocycles. The highest BCUT2D eigenvalue weighted by Gasteiger charge is 2.31. The first-order valence-electron chi connectivity index (χ1n) is 13.9. The van der Waals surface area contributed by atoms with Gasteiger partial charge in [-0.25, -0.2) is 0 Å². The first-order chi connectivity index (χ1) is 17.9. The van der Waals surface area contributed by atoms with Crippen molar-refractivity contribution in [3.05, 3.63) is 54.2 Å². The molecule has 0 spiro atoms. The van der Waals surface area contributed by atoms with Crippen molar-refractivity contribution < 1.29 is 17.9 Å². The summed E-state index contributed by atoms with van der Waals surface area (Å²) in [6.45, 7) is 1.66. The Bertz CT molecular complexity index is 1190. The fraction of sp³-hybridized carbons (Fsp3) is 0.533. The van der Waals surface area contributed by atoms with Crippen molar-refractivity contribution in [1.82, 2.24) is 9.88 Å². The quantitative estimate of drug-likeness (QED) is 0.279. The zero-order chi connectivity index (χ0) is 25.8. The second kappa shape index (κ2) is 12.8. The zero-order valence-electron chi connectivity index (χ0n) is 21.8. The number of rotatable bonds is 8. The molecule has 2 atom stereocenters. The normalized spacial score (nSPS) is 20.8. The fourth-order valence-corrected chi connectivity index (χ4v) is 6.39. The Morgan fingerprint density at radius 3 is 2.50 bits per heavy atom. The lowest BCUT2D eigenvalue weighted by atomic mass is 9.81. The molecule has 2 saturated carbocycles. The van der Waals surface area contributed by atoms with Crippen LogP contribution in [0.3, 0.4) is 0 Å². The van der Waals surface area contributed by atoms with Gasteiger partial charge in [0.25, 0.3) is 0 Å². The molecule has 1 aromatic heterocycles. The number of benzene rings is 2. The van der Waals surface area contributed by atoms with Crippen molar-refractivity contribution >= 4 is 23.3 Å². The molecular formula is C30H39ClF3N3O. The van der Waals surface area contributed by atoms with Gasteiger partial charge < -0.3 is 20.4 Å². The van der Waals surface area contributed by atoms with Crippen molar-refractivity contribution in [1.29, 1.82) is 0 Å². The fourth-order valence-electron chi connectivity index (χ4n) is 6.39. The predicted molar refractivity (Wildman–Crippen MR) is 150 cm³/mol. The van der Waals surface area contributed by atoms with Crippen LogP contribution in [0, 0.1) is 0 Å². The third-order valence-corrected chi connectivity index (χ3v) is 8.16. The number of nitrogens with one attached hydrogen (secondary N) is 1. The van der Waals surface area contributed by atoms with Gasteiger partial charge in [0.15, 0.2) is 0 Å². The maximum atomic E-state index is 12.8. The van der Waals surface area contributed by atoms with Crippen LogP contribution in [-0.4, -0.2) is 30.1 Å². The molecule has 4 nitrogen and oxygen atoms in total. The highest BCUT2D eigenvalue weighted by Crippen LogP contribution is 2.42. The van der Waals surface area contributed by atoms with E-state index in [2.05, 4.69) is 33.0 Å². The first kappa shape index (κ1) is 28.8. The minimum atomic E-state index is -4.71. The smallest absolute Gasteiger partial charge is 0.406 e. The van der Waals surface area contributed by atoms with E-state index in [1.165, 1.54) is 73.5 Å². The van der Waals surface area contributed by atoms with E-state index in [0.717, 1.165) is 36.9 Å². The summed E-state index contributed by atoms with van der Waals surface area (Å²) in [5, 5.41) is 4.94. The van der Waals surface area contributed by atoms with Crippen LogP contribution in [0.4, 0.5) is 13.2 Å². The van der Waals surface area contributed by atoms with Crippen molar-refractivity contribution in [2.24, 2.45) is 5.73 Å². The van der Waals surface area contributed by atoms with E-state index >= 15 is 0 Å². The van der Waals surface area contributed by atoms with Crippen molar-refractivity contribution in [3.8, 4) is 16.9 Å². The predicted octanol–water partition coefficient (Wildman–Crippen LogP) is 8.10. The number of fused-ring (bicyclic) bond motifs is 1. The van der Waals surface area contributed by atoms with Crippen LogP contribution in [0.15, 0.2) is 48.7 Å². The van der Waals surface area contributed by atoms with Gasteiger partial charge in [-0.1, -0.05) is 43.9 Å². The van der Waals surface area contributed by atoms with E-state index in [0.29, 0.717) is 24.5 Å². The number of ether oxygens (including phenoxy) is 1. The summed E-state index contributed by atoms with van der Waals surface area (Å²) in [6.07, 6.45) is 9.59. The Balaban J connectivity index is 0.00000336. The molecule has 3 N–H and O–H groups in total. The summed E-state index contributed by atoms with van der Waals surface area (Å²) in [5.41, 5.74) is 9.96. The number of aromatic nitrogens is 1. The summed E-state index contributed by atoms with van der Waals surface area (Å²) in [6, 6.07) is 13.7. The first-order valence-corrected chi connectivity index (χ1v) is 13.9. The Kier molecular flexibility index (Phi) is 9.66. The number of alkyl halides is 3. The van der Waals surface area contributed by atoms with E-state index in [-0.39, 0.29) is 18.2 Å². The average Bonchev–Trinajstić information content (AvgIpc) is 3.28. The molecule has 0 bridgehead atoms. The molecular weight excluding hydrogens is 511 g/mol. The monoisotopic (exact) mass is 549 g/mol. The van der Waals surface area contributed by atoms with Gasteiger partial charge >= 0.3 is 6.36 Å². The van der Waals surface area contributed by atoms with E-state index in [9.17, 15) is 13.2 Å². The summed E-state index contributed by atoms with van der Waals surface area (Å²) in [7, 11) is 0. The molecule has 2 fully saturated rings. The van der Waals surface area contributed by atoms with Crippen LogP contribution in [0.2, 0.25) is 0 Å². The summed E-state index contributed by atoms with van der Waals surface area (Å²) in [4.78, 5) is 0. The summed E-state index contributed by atoms with van der Waals surface area (Å²) < 4.78 is 45.1. The molecule has 2 aromatic carbocycles. The number of halogens is 4. The molecule has 3 aromatic rings. The standard InChI is InChI=1S/C30H38F3N3O.ClH/c31-30(32,33)37-26-12-5-7-21(18-26)22-13-14-29-27(19-22)28(20-36(29)25-10-2-1-3-11-25)23-8-4-9-24(17-23)35-16-6-15-34;/h5,7,12-14,18-20,23-25,35H,1-4,6,8-11,15-17,34H2;1H. The van der Waals surface area contributed by atoms with Crippen LogP contribution >= 0.6 is 12.4 Å². The highest BCUT2D eigenvalue weighted by atomic mass is 35.5. The number of nitrogens with two attached hydrogens (primary N) is 1. The zero-order valence-corrected chi connectivity index (χ0v) is 22.6. The minimum absolute atomic E-state index is 0. The van der Waals surface area contributed by atoms with Gasteiger partial charge in [-0.15, -0.1) is 25.6 Å². The maximum Gasteiger partial charge on any atom is 0.573 e. The van der Waals surface area contributed by atoms with Crippen LogP contribution in [0.5, 0.6) is 5.75 Å². The Morgan fingerprint density at radius 1 is 0.947 bits per heavy atom. The molecule has 5 rings (SSSR count). The van der Waals surface area contributed by atoms with E-state index in [4.69, 9.17) is 5.73 Å². The average molecular weight is 550 g/mol. The topological polar surface area (TPSA) is 52.2 Å². The Hall–Kier alpha value is -2.22. The molecule has 208 valence electrons. The van der Waals surface area contributed by atoms with Gasteiger partial charge in [-0.3, -0.25) is 0 Å². The summed E-state index contributed by atoms with van der Waals surface area (Å²) in [5.74, 6) is 0.274. The largest absolute Gasteiger partial charge is 0.573 e. The lowest BCUT2D eigenvalue weighted by Gasteiger charge is -2.30. The third kappa shape index (κ3) is 6.85. The maximum absolute atomic E-state index is 12.8. The van der Waals surface area contributed by atoms with E-state index in [1.54, 1.807) is 6.07 Å². The van der Waals surface area contributed by atoms with Gasteiger partial charge in [0.05, 0.1) is 0 Å². The number of hydrogen-bond acceptors (Lipinski definition) is 3. The lowest BCUT2D eigenvalue weighted by molar-refractivity contribution is -0.274. The van der Waals surface area contributed by atoms with Crippen molar-refractivity contribution in [2.75, 3.05) is 13.1 Å². The molecule has 1 heterocycles. The molecule has 0 saturated heterocycles. The van der Waals surface area contributed by atoms with Gasteiger partial charge in [0, 0.05) is 29.2 Å². The highest BCUT2D eigenvalue weighted by molar-refractivity contribution is 5.89. The van der Waals surface area contributed by atoms with Crippen LogP contribution in [0.25, 0.3) is 22.0 Å². The summed E-state index contributed by atoms with van der Waals surface area (Å²) >= 11 is 0. The second-order valence-electron chi connectivity index (χ2n) is 10.7. The number of hydrogen-bond donors (Lipinski definition) is 2. The van der Waals surface area contributed by atoms with Crippen LogP contribution in [-0.2, 0) is 0 Å². The second-order valence-corrected chi connectivity index (χ2v) is 10.7. The lowest BCUT2D eigenvalue weighted by Crippen LogP contribution is -2.34. The number of nitrogens with zero attached hydrogens (tertiary/aromatic N) is 1. The molecule has 8 heteroatoms. The van der Waals surface area contributed by atoms with E-state index in [1.807, 2.05) is 12.1 Å². The van der Waals surface area contributed by atoms with Gasteiger partial charge in [0.1, 0.15) is 5.75 Å². The van der Waals surface area contributed by atoms with E-state index < -0.39 is 6.36 Å². The van der Waals surface area contributed by atoms with Crippen LogP contribution < -0.4 is 15.8 Å². The molecule has 0 radical (unpaired) electrons. The van der Waals surface area contributed by atoms with Crippen molar-refractivity contribution in [3.63, 3.8) is 0 Å². The van der Waals surface area contributed by atoms with Crippen LogP contribution in [0.1, 0.15) is 81.7 Å². The van der Waals surface area contributed by atoms with Gasteiger partial charge in [-0.05, 0) is 98.5 Å². The minimum Gasteiger partial charge on any atom is -0.406 e. The molecule has 2 aliphatic carbocycles. The molecule has 2 unspecified atom stereocenters. The molecule has 38 heavy (non-hydrogen) atoms. The SMILES string of the molecule is Cl.NCCCNC1CCCC(c2cn(C3CCCCC3)c3ccc(-c4cccc(OC(F)(F)F)c4)cc23)C1. The van der Waals surface area contributed by atoms with Crippen molar-refractivity contribution in [2.45, 2.75) is 88.6 Å². The molecule has 0 amide bonds.